The van der Waals surface area contributed by atoms with Crippen molar-refractivity contribution >= 4 is 33.1 Å². The zero-order valence-corrected chi connectivity index (χ0v) is 16.1. The maximum atomic E-state index is 13.5. The lowest BCUT2D eigenvalue weighted by molar-refractivity contribution is 0.103. The summed E-state index contributed by atoms with van der Waals surface area (Å²) in [5.74, 6) is -0.973. The second-order valence-corrected chi connectivity index (χ2v) is 7.64. The van der Waals surface area contributed by atoms with E-state index in [1.165, 1.54) is 35.6 Å². The summed E-state index contributed by atoms with van der Waals surface area (Å²) in [7, 11) is 0. The Morgan fingerprint density at radius 2 is 1.79 bits per heavy atom. The molecule has 28 heavy (non-hydrogen) atoms. The number of hydrogen-bond acceptors (Lipinski definition) is 3. The molecule has 2 aromatic heterocycles. The van der Waals surface area contributed by atoms with Crippen LogP contribution in [0.5, 0.6) is 0 Å². The van der Waals surface area contributed by atoms with Gasteiger partial charge in [0.2, 0.25) is 0 Å². The van der Waals surface area contributed by atoms with Crippen LogP contribution in [0.2, 0.25) is 0 Å². The van der Waals surface area contributed by atoms with Crippen molar-refractivity contribution < 1.29 is 13.6 Å². The van der Waals surface area contributed by atoms with Crippen molar-refractivity contribution in [2.75, 3.05) is 5.32 Å². The third-order valence-electron chi connectivity index (χ3n) is 4.52. The van der Waals surface area contributed by atoms with Gasteiger partial charge in [-0.2, -0.15) is 5.10 Å². The number of aryl methyl sites for hydroxylation is 2. The quantitative estimate of drug-likeness (QED) is 0.508. The molecule has 0 spiro atoms. The highest BCUT2D eigenvalue weighted by molar-refractivity contribution is 7.20. The monoisotopic (exact) mass is 397 g/mol. The fraction of sp³-hybridized carbons (Fsp3) is 0.143. The van der Waals surface area contributed by atoms with Crippen LogP contribution >= 0.6 is 11.3 Å². The van der Waals surface area contributed by atoms with Gasteiger partial charge in [-0.15, -0.1) is 11.3 Å². The highest BCUT2D eigenvalue weighted by Gasteiger charge is 2.17. The van der Waals surface area contributed by atoms with E-state index in [1.54, 1.807) is 24.3 Å². The Bertz CT molecular complexity index is 1180. The number of nitrogens with zero attached hydrogens (tertiary/aromatic N) is 2. The van der Waals surface area contributed by atoms with Crippen molar-refractivity contribution in [1.29, 1.82) is 0 Å². The molecule has 0 atom stereocenters. The second-order valence-electron chi connectivity index (χ2n) is 6.61. The van der Waals surface area contributed by atoms with Crippen LogP contribution in [-0.2, 0) is 6.54 Å². The van der Waals surface area contributed by atoms with E-state index in [0.717, 1.165) is 27.0 Å². The van der Waals surface area contributed by atoms with Crippen molar-refractivity contribution in [2.24, 2.45) is 0 Å². The minimum atomic E-state index is -0.400. The number of anilines is 1. The summed E-state index contributed by atoms with van der Waals surface area (Å²) in [6, 6.07) is 12.3. The third-order valence-corrected chi connectivity index (χ3v) is 5.67. The predicted molar refractivity (Wildman–Crippen MR) is 107 cm³/mol. The SMILES string of the molecule is Cc1ccc(F)cc1NC(=O)c1cc2c(C)nn(Cc3ccc(F)cc3)c2s1. The van der Waals surface area contributed by atoms with Gasteiger partial charge >= 0.3 is 0 Å². The summed E-state index contributed by atoms with van der Waals surface area (Å²) in [6.07, 6.45) is 0. The minimum Gasteiger partial charge on any atom is -0.321 e. The van der Waals surface area contributed by atoms with Crippen LogP contribution in [0, 0.1) is 25.5 Å². The number of amides is 1. The average Bonchev–Trinajstić information content (AvgIpc) is 3.22. The molecular formula is C21H17F2N3OS. The first-order chi connectivity index (χ1) is 13.4. The van der Waals surface area contributed by atoms with Gasteiger partial charge in [-0.1, -0.05) is 18.2 Å². The van der Waals surface area contributed by atoms with Gasteiger partial charge in [-0.05, 0) is 55.3 Å². The van der Waals surface area contributed by atoms with Gasteiger partial charge < -0.3 is 5.32 Å². The van der Waals surface area contributed by atoms with Gasteiger partial charge in [-0.25, -0.2) is 8.78 Å². The summed E-state index contributed by atoms with van der Waals surface area (Å²) >= 11 is 1.33. The Balaban J connectivity index is 1.63. The van der Waals surface area contributed by atoms with Crippen molar-refractivity contribution in [2.45, 2.75) is 20.4 Å². The Kier molecular flexibility index (Phi) is 4.68. The molecule has 0 aliphatic carbocycles. The summed E-state index contributed by atoms with van der Waals surface area (Å²) < 4.78 is 28.4. The number of fused-ring (bicyclic) bond motifs is 1. The topological polar surface area (TPSA) is 46.9 Å². The molecule has 7 heteroatoms. The zero-order valence-electron chi connectivity index (χ0n) is 15.3. The molecule has 0 radical (unpaired) electrons. The summed E-state index contributed by atoms with van der Waals surface area (Å²) in [4.78, 5) is 14.1. The van der Waals surface area contributed by atoms with Crippen molar-refractivity contribution in [3.8, 4) is 0 Å². The Hall–Kier alpha value is -3.06. The van der Waals surface area contributed by atoms with E-state index < -0.39 is 5.82 Å². The van der Waals surface area contributed by atoms with Crippen LogP contribution in [0.3, 0.4) is 0 Å². The number of carbonyl (C=O) groups is 1. The maximum absolute atomic E-state index is 13.5. The molecular weight excluding hydrogens is 380 g/mol. The van der Waals surface area contributed by atoms with Gasteiger partial charge in [0.15, 0.2) is 0 Å². The lowest BCUT2D eigenvalue weighted by Crippen LogP contribution is -2.11. The highest BCUT2D eigenvalue weighted by Crippen LogP contribution is 2.30. The number of rotatable bonds is 4. The summed E-state index contributed by atoms with van der Waals surface area (Å²) in [5, 5.41) is 8.20. The highest BCUT2D eigenvalue weighted by atomic mass is 32.1. The number of carbonyl (C=O) groups excluding carboxylic acids is 1. The molecule has 2 heterocycles. The van der Waals surface area contributed by atoms with Gasteiger partial charge in [0.1, 0.15) is 16.5 Å². The van der Waals surface area contributed by atoms with E-state index in [9.17, 15) is 13.6 Å². The maximum Gasteiger partial charge on any atom is 0.265 e. The lowest BCUT2D eigenvalue weighted by atomic mass is 10.2. The minimum absolute atomic E-state index is 0.284. The van der Waals surface area contributed by atoms with E-state index in [0.29, 0.717) is 17.1 Å². The molecule has 1 amide bonds. The van der Waals surface area contributed by atoms with Crippen molar-refractivity contribution in [3.63, 3.8) is 0 Å². The Morgan fingerprint density at radius 1 is 1.07 bits per heavy atom. The average molecular weight is 397 g/mol. The van der Waals surface area contributed by atoms with Crippen molar-refractivity contribution in [1.82, 2.24) is 9.78 Å². The number of thiophene rings is 1. The summed E-state index contributed by atoms with van der Waals surface area (Å²) in [6.45, 7) is 4.18. The molecule has 0 bridgehead atoms. The lowest BCUT2D eigenvalue weighted by Gasteiger charge is -2.07. The molecule has 0 aliphatic rings. The smallest absolute Gasteiger partial charge is 0.265 e. The van der Waals surface area contributed by atoms with Gasteiger partial charge in [0, 0.05) is 11.1 Å². The first-order valence-corrected chi connectivity index (χ1v) is 9.51. The second kappa shape index (κ2) is 7.16. The third kappa shape index (κ3) is 3.53. The van der Waals surface area contributed by atoms with E-state index >= 15 is 0 Å². The molecule has 2 aromatic carbocycles. The molecule has 1 N–H and O–H groups in total. The molecule has 0 unspecified atom stereocenters. The van der Waals surface area contributed by atoms with Crippen LogP contribution in [-0.4, -0.2) is 15.7 Å². The molecule has 0 fully saturated rings. The van der Waals surface area contributed by atoms with E-state index in [2.05, 4.69) is 10.4 Å². The molecule has 4 nitrogen and oxygen atoms in total. The Labute approximate surface area is 164 Å². The van der Waals surface area contributed by atoms with Crippen LogP contribution < -0.4 is 5.32 Å². The fourth-order valence-corrected chi connectivity index (χ4v) is 4.06. The number of nitrogens with one attached hydrogen (secondary N) is 1. The van der Waals surface area contributed by atoms with E-state index in [1.807, 2.05) is 18.5 Å². The van der Waals surface area contributed by atoms with E-state index in [4.69, 9.17) is 0 Å². The van der Waals surface area contributed by atoms with Crippen LogP contribution in [0.1, 0.15) is 26.5 Å². The molecule has 0 aliphatic heterocycles. The first-order valence-electron chi connectivity index (χ1n) is 8.69. The number of benzene rings is 2. The van der Waals surface area contributed by atoms with Gasteiger partial charge in [0.25, 0.3) is 5.91 Å². The largest absolute Gasteiger partial charge is 0.321 e. The molecule has 4 rings (SSSR count). The number of halogens is 2. The van der Waals surface area contributed by atoms with E-state index in [-0.39, 0.29) is 11.7 Å². The zero-order chi connectivity index (χ0) is 19.8. The van der Waals surface area contributed by atoms with Crippen LogP contribution in [0.15, 0.2) is 48.5 Å². The molecule has 142 valence electrons. The van der Waals surface area contributed by atoms with Crippen molar-refractivity contribution in [3.05, 3.63) is 81.9 Å². The van der Waals surface area contributed by atoms with Gasteiger partial charge in [0.05, 0.1) is 17.1 Å². The first kappa shape index (κ1) is 18.3. The van der Waals surface area contributed by atoms with Crippen LogP contribution in [0.25, 0.3) is 10.2 Å². The number of aromatic nitrogens is 2. The molecule has 0 saturated heterocycles. The summed E-state index contributed by atoms with van der Waals surface area (Å²) in [5.41, 5.74) is 2.97. The van der Waals surface area contributed by atoms with Crippen LogP contribution in [0.4, 0.5) is 14.5 Å². The predicted octanol–water partition coefficient (Wildman–Crippen LogP) is 5.29. The molecule has 4 aromatic rings. The Morgan fingerprint density at radius 3 is 2.54 bits per heavy atom. The van der Waals surface area contributed by atoms with Gasteiger partial charge in [-0.3, -0.25) is 9.48 Å². The number of hydrogen-bond donors (Lipinski definition) is 1. The molecule has 0 saturated carbocycles. The fourth-order valence-electron chi connectivity index (χ4n) is 3.01. The standard InChI is InChI=1S/C21H17F2N3OS/c1-12-3-6-16(23)9-18(12)24-20(27)19-10-17-13(2)25-26(21(17)28-19)11-14-4-7-15(22)8-5-14/h3-10H,11H2,1-2H3,(H,24,27). The normalized spacial score (nSPS) is 11.1.